The molecule has 12 heteroatoms. The van der Waals surface area contributed by atoms with Gasteiger partial charge >= 0.3 is 6.09 Å². The minimum atomic E-state index is -0.569. The number of rotatable bonds is 5. The third-order valence-electron chi connectivity index (χ3n) is 5.37. The molecule has 0 unspecified atom stereocenters. The lowest BCUT2D eigenvalue weighted by molar-refractivity contribution is -0.119. The van der Waals surface area contributed by atoms with Gasteiger partial charge in [-0.2, -0.15) is 5.10 Å². The molecule has 170 valence electrons. The Hall–Kier alpha value is -2.85. The lowest BCUT2D eigenvalue weighted by Crippen LogP contribution is -2.47. The molecule has 0 spiro atoms. The zero-order chi connectivity index (χ0) is 22.8. The average Bonchev–Trinajstić information content (AvgIpc) is 3.13. The van der Waals surface area contributed by atoms with Crippen molar-refractivity contribution >= 4 is 52.3 Å². The van der Waals surface area contributed by atoms with Crippen LogP contribution >= 0.6 is 23.2 Å². The van der Waals surface area contributed by atoms with Crippen molar-refractivity contribution in [2.75, 3.05) is 54.0 Å². The minimum Gasteiger partial charge on any atom is -0.442 e. The van der Waals surface area contributed by atoms with Gasteiger partial charge in [0, 0.05) is 33.1 Å². The largest absolute Gasteiger partial charge is 0.442 e. The quantitative estimate of drug-likeness (QED) is 0.700. The van der Waals surface area contributed by atoms with Gasteiger partial charge in [0.25, 0.3) is 0 Å². The summed E-state index contributed by atoms with van der Waals surface area (Å²) in [4.78, 5) is 28.5. The van der Waals surface area contributed by atoms with Gasteiger partial charge in [-0.15, -0.1) is 5.10 Å². The van der Waals surface area contributed by atoms with Crippen molar-refractivity contribution in [2.45, 2.75) is 13.0 Å². The minimum absolute atomic E-state index is 0.209. The van der Waals surface area contributed by atoms with Gasteiger partial charge < -0.3 is 19.9 Å². The molecule has 2 fully saturated rings. The van der Waals surface area contributed by atoms with Gasteiger partial charge in [0.2, 0.25) is 5.91 Å². The Kier molecular flexibility index (Phi) is 6.52. The fourth-order valence-corrected chi connectivity index (χ4v) is 4.37. The third-order valence-corrected chi connectivity index (χ3v) is 5.90. The molecule has 4 rings (SSSR count). The van der Waals surface area contributed by atoms with Crippen LogP contribution in [0, 0.1) is 5.82 Å². The highest BCUT2D eigenvalue weighted by molar-refractivity contribution is 6.38. The van der Waals surface area contributed by atoms with Crippen molar-refractivity contribution in [2.24, 2.45) is 0 Å². The van der Waals surface area contributed by atoms with E-state index < -0.39 is 18.0 Å². The van der Waals surface area contributed by atoms with Crippen LogP contribution in [0.4, 0.5) is 26.2 Å². The van der Waals surface area contributed by atoms with Crippen LogP contribution in [0.5, 0.6) is 0 Å². The molecule has 2 saturated heterocycles. The molecule has 2 amide bonds. The highest BCUT2D eigenvalue weighted by atomic mass is 35.5. The van der Waals surface area contributed by atoms with E-state index in [4.69, 9.17) is 27.9 Å². The number of carbonyl (C=O) groups excluding carboxylic acids is 2. The molecule has 2 aliphatic heterocycles. The first-order chi connectivity index (χ1) is 15.3. The summed E-state index contributed by atoms with van der Waals surface area (Å²) >= 11 is 12.4. The Bertz CT molecular complexity index is 1010. The maximum atomic E-state index is 15.0. The second-order valence-electron chi connectivity index (χ2n) is 7.50. The maximum absolute atomic E-state index is 15.0. The van der Waals surface area contributed by atoms with Crippen LogP contribution in [0.1, 0.15) is 6.92 Å². The number of nitrogens with zero attached hydrogens (tertiary/aromatic N) is 5. The SMILES string of the molecule is CC(=O)NC[C@H]1CN(c2ccc(N3CCN(c4c(Cl)cnnc4Cl)CC3)c(F)c2)C(=O)O1. The van der Waals surface area contributed by atoms with Gasteiger partial charge in [-0.25, -0.2) is 9.18 Å². The number of benzene rings is 1. The molecule has 2 aliphatic rings. The summed E-state index contributed by atoms with van der Waals surface area (Å²) in [5.74, 6) is -0.643. The molecule has 0 radical (unpaired) electrons. The molecular formula is C20H21Cl2FN6O3. The predicted molar refractivity (Wildman–Crippen MR) is 119 cm³/mol. The number of aromatic nitrogens is 2. The van der Waals surface area contributed by atoms with Crippen LogP contribution < -0.4 is 20.0 Å². The standard InChI is InChI=1S/C20H21Cl2FN6O3/c1-12(30)24-9-14-11-29(20(31)32-14)13-2-3-17(16(23)8-13)27-4-6-28(7-5-27)18-15(21)10-25-26-19(18)22/h2-3,8,10,14H,4-7,9,11H2,1H3,(H,24,30)/t14-/m0/s1. The molecule has 2 aromatic rings. The normalized spacial score (nSPS) is 18.7. The number of nitrogens with one attached hydrogen (secondary N) is 1. The lowest BCUT2D eigenvalue weighted by atomic mass is 10.2. The number of carbonyl (C=O) groups is 2. The van der Waals surface area contributed by atoms with Crippen LogP contribution in [0.25, 0.3) is 0 Å². The van der Waals surface area contributed by atoms with Gasteiger partial charge in [-0.3, -0.25) is 9.69 Å². The summed E-state index contributed by atoms with van der Waals surface area (Å²) in [6.45, 7) is 4.10. The highest BCUT2D eigenvalue weighted by Gasteiger charge is 2.33. The molecule has 1 aromatic carbocycles. The zero-order valence-corrected chi connectivity index (χ0v) is 18.7. The molecular weight excluding hydrogens is 462 g/mol. The van der Waals surface area contributed by atoms with Crippen LogP contribution in [0.2, 0.25) is 10.2 Å². The summed E-state index contributed by atoms with van der Waals surface area (Å²) < 4.78 is 20.2. The summed E-state index contributed by atoms with van der Waals surface area (Å²) in [7, 11) is 0. The van der Waals surface area contributed by atoms with Gasteiger partial charge in [-0.1, -0.05) is 23.2 Å². The first-order valence-electron chi connectivity index (χ1n) is 10.0. The Morgan fingerprint density at radius 2 is 1.97 bits per heavy atom. The summed E-state index contributed by atoms with van der Waals surface area (Å²) in [5.41, 5.74) is 1.47. The molecule has 0 bridgehead atoms. The van der Waals surface area contributed by atoms with Gasteiger partial charge in [0.15, 0.2) is 5.15 Å². The van der Waals surface area contributed by atoms with Crippen molar-refractivity contribution in [1.29, 1.82) is 0 Å². The molecule has 0 saturated carbocycles. The summed E-state index contributed by atoms with van der Waals surface area (Å²) in [6, 6.07) is 4.67. The van der Waals surface area contributed by atoms with E-state index >= 15 is 0 Å². The van der Waals surface area contributed by atoms with Crippen LogP contribution in [0.15, 0.2) is 24.4 Å². The van der Waals surface area contributed by atoms with E-state index in [1.54, 1.807) is 12.1 Å². The average molecular weight is 483 g/mol. The number of ether oxygens (including phenoxy) is 1. The van der Waals surface area contributed by atoms with E-state index in [-0.39, 0.29) is 24.1 Å². The van der Waals surface area contributed by atoms with Crippen molar-refractivity contribution < 1.29 is 18.7 Å². The van der Waals surface area contributed by atoms with E-state index in [0.29, 0.717) is 48.3 Å². The van der Waals surface area contributed by atoms with Crippen molar-refractivity contribution in [3.63, 3.8) is 0 Å². The van der Waals surface area contributed by atoms with E-state index in [9.17, 15) is 14.0 Å². The maximum Gasteiger partial charge on any atom is 0.414 e. The number of anilines is 3. The first kappa shape index (κ1) is 22.3. The number of cyclic esters (lactones) is 1. The molecule has 0 aliphatic carbocycles. The first-order valence-corrected chi connectivity index (χ1v) is 10.8. The highest BCUT2D eigenvalue weighted by Crippen LogP contribution is 2.33. The van der Waals surface area contributed by atoms with Gasteiger partial charge in [0.05, 0.1) is 41.4 Å². The second-order valence-corrected chi connectivity index (χ2v) is 8.26. The summed E-state index contributed by atoms with van der Waals surface area (Å²) in [6.07, 6.45) is 0.391. The smallest absolute Gasteiger partial charge is 0.414 e. The van der Waals surface area contributed by atoms with Crippen LogP contribution in [0.3, 0.4) is 0 Å². The van der Waals surface area contributed by atoms with E-state index in [2.05, 4.69) is 15.5 Å². The number of hydrogen-bond donors (Lipinski definition) is 1. The molecule has 3 heterocycles. The molecule has 32 heavy (non-hydrogen) atoms. The number of hydrogen-bond acceptors (Lipinski definition) is 7. The van der Waals surface area contributed by atoms with Crippen molar-refractivity contribution in [1.82, 2.24) is 15.5 Å². The Morgan fingerprint density at radius 1 is 1.25 bits per heavy atom. The number of piperazine rings is 1. The lowest BCUT2D eigenvalue weighted by Gasteiger charge is -2.37. The predicted octanol–water partition coefficient (Wildman–Crippen LogP) is 2.71. The van der Waals surface area contributed by atoms with Crippen molar-refractivity contribution in [3.05, 3.63) is 40.4 Å². The van der Waals surface area contributed by atoms with Crippen molar-refractivity contribution in [3.8, 4) is 0 Å². The van der Waals surface area contributed by atoms with Gasteiger partial charge in [-0.05, 0) is 18.2 Å². The van der Waals surface area contributed by atoms with E-state index in [1.807, 2.05) is 9.80 Å². The fraction of sp³-hybridized carbons (Fsp3) is 0.400. The number of amides is 2. The Morgan fingerprint density at radius 3 is 2.62 bits per heavy atom. The Balaban J connectivity index is 1.41. The monoisotopic (exact) mass is 482 g/mol. The van der Waals surface area contributed by atoms with E-state index in [1.165, 1.54) is 24.1 Å². The topological polar surface area (TPSA) is 90.9 Å². The van der Waals surface area contributed by atoms with E-state index in [0.717, 1.165) is 0 Å². The summed E-state index contributed by atoms with van der Waals surface area (Å²) in [5, 5.41) is 10.8. The fourth-order valence-electron chi connectivity index (χ4n) is 3.81. The molecule has 1 N–H and O–H groups in total. The van der Waals surface area contributed by atoms with Crippen LogP contribution in [-0.2, 0) is 9.53 Å². The molecule has 9 nitrogen and oxygen atoms in total. The Labute approximate surface area is 194 Å². The molecule has 1 aromatic heterocycles. The van der Waals surface area contributed by atoms with Gasteiger partial charge in [0.1, 0.15) is 11.9 Å². The number of halogens is 3. The second kappa shape index (κ2) is 9.33. The third kappa shape index (κ3) is 4.66. The molecule has 1 atom stereocenters. The zero-order valence-electron chi connectivity index (χ0n) is 17.2. The van der Waals surface area contributed by atoms with Crippen LogP contribution in [-0.4, -0.2) is 67.6 Å².